The molecule has 0 spiro atoms. The minimum Gasteiger partial charge on any atom is -0.461 e. The molecule has 0 aromatic carbocycles. The quantitative estimate of drug-likeness (QED) is 0.864. The van der Waals surface area contributed by atoms with Crippen molar-refractivity contribution in [2.45, 2.75) is 64.4 Å². The van der Waals surface area contributed by atoms with Crippen LogP contribution >= 0.6 is 0 Å². The fourth-order valence-corrected chi connectivity index (χ4v) is 3.45. The van der Waals surface area contributed by atoms with Crippen LogP contribution in [0.4, 0.5) is 0 Å². The first-order chi connectivity index (χ1) is 11.1. The fourth-order valence-electron chi connectivity index (χ4n) is 3.45. The van der Waals surface area contributed by atoms with Gasteiger partial charge in [0, 0.05) is 25.1 Å². The van der Waals surface area contributed by atoms with E-state index in [2.05, 4.69) is 9.97 Å². The van der Waals surface area contributed by atoms with E-state index in [1.54, 1.807) is 4.90 Å². The maximum atomic E-state index is 12.2. The van der Waals surface area contributed by atoms with Gasteiger partial charge >= 0.3 is 5.97 Å². The summed E-state index contributed by atoms with van der Waals surface area (Å²) in [6.45, 7) is 2.69. The number of carbonyl (C=O) groups excluding carboxylic acids is 2. The van der Waals surface area contributed by atoms with Gasteiger partial charge in [-0.3, -0.25) is 9.59 Å². The highest BCUT2D eigenvalue weighted by Gasteiger charge is 2.26. The SMILES string of the molecule is Cc1nc2c([nH]1)C[C@H](OC(=O)CN1CCCCCCC1=O)CC2. The average Bonchev–Trinajstić information content (AvgIpc) is 2.86. The van der Waals surface area contributed by atoms with E-state index in [0.717, 1.165) is 55.7 Å². The summed E-state index contributed by atoms with van der Waals surface area (Å²) in [6, 6.07) is 0. The summed E-state index contributed by atoms with van der Waals surface area (Å²) < 4.78 is 5.60. The van der Waals surface area contributed by atoms with Crippen molar-refractivity contribution in [1.82, 2.24) is 14.9 Å². The van der Waals surface area contributed by atoms with E-state index in [0.29, 0.717) is 19.4 Å². The Kier molecular flexibility index (Phi) is 4.98. The van der Waals surface area contributed by atoms with Crippen LogP contribution < -0.4 is 0 Å². The van der Waals surface area contributed by atoms with Gasteiger partial charge in [0.25, 0.3) is 0 Å². The Morgan fingerprint density at radius 2 is 2.13 bits per heavy atom. The molecular weight excluding hydrogens is 294 g/mol. The van der Waals surface area contributed by atoms with E-state index in [4.69, 9.17) is 4.74 Å². The Bertz CT molecular complexity index is 582. The number of aromatic nitrogens is 2. The standard InChI is InChI=1S/C17H25N3O3/c1-12-18-14-8-7-13(10-15(14)19-12)23-17(22)11-20-9-5-3-2-4-6-16(20)21/h13H,2-11H2,1H3,(H,18,19)/t13-/m1/s1. The molecule has 23 heavy (non-hydrogen) atoms. The van der Waals surface area contributed by atoms with Gasteiger partial charge in [-0.2, -0.15) is 0 Å². The number of likely N-dealkylation sites (tertiary alicyclic amines) is 1. The zero-order valence-corrected chi connectivity index (χ0v) is 13.8. The average molecular weight is 319 g/mol. The molecule has 1 atom stereocenters. The van der Waals surface area contributed by atoms with Gasteiger partial charge < -0.3 is 14.6 Å². The van der Waals surface area contributed by atoms with Crippen molar-refractivity contribution in [2.24, 2.45) is 0 Å². The molecule has 0 bridgehead atoms. The maximum Gasteiger partial charge on any atom is 0.325 e. The van der Waals surface area contributed by atoms with Crippen LogP contribution in [-0.2, 0) is 27.2 Å². The fraction of sp³-hybridized carbons (Fsp3) is 0.706. The van der Waals surface area contributed by atoms with Crippen LogP contribution in [0, 0.1) is 6.92 Å². The number of ether oxygens (including phenoxy) is 1. The predicted molar refractivity (Wildman–Crippen MR) is 84.9 cm³/mol. The number of hydrogen-bond donors (Lipinski definition) is 1. The highest BCUT2D eigenvalue weighted by atomic mass is 16.5. The Labute approximate surface area is 136 Å². The minimum atomic E-state index is -0.288. The number of rotatable bonds is 3. The molecule has 1 aliphatic carbocycles. The monoisotopic (exact) mass is 319 g/mol. The third-order valence-corrected chi connectivity index (χ3v) is 4.66. The second-order valence-electron chi connectivity index (χ2n) is 6.58. The Balaban J connectivity index is 1.52. The lowest BCUT2D eigenvalue weighted by Gasteiger charge is -2.26. The third kappa shape index (κ3) is 4.12. The molecule has 2 heterocycles. The van der Waals surface area contributed by atoms with Crippen LogP contribution in [0.2, 0.25) is 0 Å². The van der Waals surface area contributed by atoms with E-state index in [-0.39, 0.29) is 24.5 Å². The second-order valence-corrected chi connectivity index (χ2v) is 6.58. The number of aryl methyl sites for hydroxylation is 2. The van der Waals surface area contributed by atoms with Crippen molar-refractivity contribution in [3.63, 3.8) is 0 Å². The Morgan fingerprint density at radius 1 is 1.30 bits per heavy atom. The number of amides is 1. The van der Waals surface area contributed by atoms with E-state index < -0.39 is 0 Å². The van der Waals surface area contributed by atoms with Gasteiger partial charge in [-0.25, -0.2) is 4.98 Å². The zero-order valence-electron chi connectivity index (χ0n) is 13.8. The van der Waals surface area contributed by atoms with Crippen LogP contribution in [-0.4, -0.2) is 45.9 Å². The van der Waals surface area contributed by atoms with Crippen LogP contribution in [0.25, 0.3) is 0 Å². The van der Waals surface area contributed by atoms with Crippen molar-refractivity contribution < 1.29 is 14.3 Å². The number of H-pyrrole nitrogens is 1. The number of carbonyl (C=O) groups is 2. The molecule has 1 amide bonds. The number of nitrogens with one attached hydrogen (secondary N) is 1. The van der Waals surface area contributed by atoms with Crippen LogP contribution in [0.3, 0.4) is 0 Å². The molecule has 1 aliphatic heterocycles. The first kappa shape index (κ1) is 16.0. The van der Waals surface area contributed by atoms with E-state index in [1.807, 2.05) is 6.92 Å². The molecule has 1 N–H and O–H groups in total. The largest absolute Gasteiger partial charge is 0.461 e. The number of aromatic amines is 1. The molecule has 6 nitrogen and oxygen atoms in total. The van der Waals surface area contributed by atoms with Gasteiger partial charge in [0.15, 0.2) is 0 Å². The lowest BCUT2D eigenvalue weighted by molar-refractivity contribution is -0.154. The normalized spacial score (nSPS) is 22.2. The Hall–Kier alpha value is -1.85. The third-order valence-electron chi connectivity index (χ3n) is 4.66. The summed E-state index contributed by atoms with van der Waals surface area (Å²) in [4.78, 5) is 33.6. The number of imidazole rings is 1. The summed E-state index contributed by atoms with van der Waals surface area (Å²) in [6.07, 6.45) is 6.90. The van der Waals surface area contributed by atoms with Crippen LogP contribution in [0.5, 0.6) is 0 Å². The lowest BCUT2D eigenvalue weighted by atomic mass is 9.98. The molecule has 0 unspecified atom stereocenters. The van der Waals surface area contributed by atoms with E-state index in [9.17, 15) is 9.59 Å². The van der Waals surface area contributed by atoms with Gasteiger partial charge in [-0.15, -0.1) is 0 Å². The molecule has 0 radical (unpaired) electrons. The zero-order chi connectivity index (χ0) is 16.2. The van der Waals surface area contributed by atoms with Gasteiger partial charge in [0.05, 0.1) is 5.69 Å². The number of nitrogens with zero attached hydrogens (tertiary/aromatic N) is 2. The molecular formula is C17H25N3O3. The van der Waals surface area contributed by atoms with E-state index in [1.165, 1.54) is 0 Å². The van der Waals surface area contributed by atoms with Crippen molar-refractivity contribution in [3.05, 3.63) is 17.2 Å². The summed E-state index contributed by atoms with van der Waals surface area (Å²) in [7, 11) is 0. The van der Waals surface area contributed by atoms with Crippen LogP contribution in [0.15, 0.2) is 0 Å². The number of hydrogen-bond acceptors (Lipinski definition) is 4. The number of esters is 1. The molecule has 1 saturated heterocycles. The topological polar surface area (TPSA) is 75.3 Å². The van der Waals surface area contributed by atoms with Gasteiger partial charge in [-0.1, -0.05) is 12.8 Å². The number of fused-ring (bicyclic) bond motifs is 1. The maximum absolute atomic E-state index is 12.2. The summed E-state index contributed by atoms with van der Waals surface area (Å²) in [5.41, 5.74) is 2.17. The van der Waals surface area contributed by atoms with Crippen molar-refractivity contribution in [2.75, 3.05) is 13.1 Å². The molecule has 6 heteroatoms. The first-order valence-electron chi connectivity index (χ1n) is 8.63. The highest BCUT2D eigenvalue weighted by Crippen LogP contribution is 2.21. The first-order valence-corrected chi connectivity index (χ1v) is 8.63. The van der Waals surface area contributed by atoms with Crippen molar-refractivity contribution in [3.8, 4) is 0 Å². The highest BCUT2D eigenvalue weighted by molar-refractivity contribution is 5.82. The summed E-state index contributed by atoms with van der Waals surface area (Å²) in [5, 5.41) is 0. The van der Waals surface area contributed by atoms with Gasteiger partial charge in [-0.05, 0) is 32.6 Å². The predicted octanol–water partition coefficient (Wildman–Crippen LogP) is 1.91. The molecule has 1 fully saturated rings. The van der Waals surface area contributed by atoms with Crippen LogP contribution in [0.1, 0.15) is 55.7 Å². The Morgan fingerprint density at radius 3 is 3.00 bits per heavy atom. The molecule has 1 aromatic rings. The van der Waals surface area contributed by atoms with Gasteiger partial charge in [0.1, 0.15) is 18.5 Å². The molecule has 126 valence electrons. The summed E-state index contributed by atoms with van der Waals surface area (Å²) >= 11 is 0. The molecule has 2 aliphatic rings. The molecule has 0 saturated carbocycles. The van der Waals surface area contributed by atoms with Gasteiger partial charge in [0.2, 0.25) is 5.91 Å². The minimum absolute atomic E-state index is 0.0803. The molecule has 3 rings (SSSR count). The smallest absolute Gasteiger partial charge is 0.325 e. The lowest BCUT2D eigenvalue weighted by Crippen LogP contribution is -2.39. The molecule has 1 aromatic heterocycles. The van der Waals surface area contributed by atoms with Crippen molar-refractivity contribution >= 4 is 11.9 Å². The van der Waals surface area contributed by atoms with E-state index >= 15 is 0 Å². The second kappa shape index (κ2) is 7.15. The van der Waals surface area contributed by atoms with Crippen molar-refractivity contribution in [1.29, 1.82) is 0 Å². The summed E-state index contributed by atoms with van der Waals surface area (Å²) in [5.74, 6) is 0.702.